The minimum absolute atomic E-state index is 0.0449. The lowest BCUT2D eigenvalue weighted by Crippen LogP contribution is -2.40. The Morgan fingerprint density at radius 2 is 1.61 bits per heavy atom. The largest absolute Gasteiger partial charge is 0.377 e. The predicted molar refractivity (Wildman–Crippen MR) is 135 cm³/mol. The number of nitrogens with zero attached hydrogens (tertiary/aromatic N) is 3. The summed E-state index contributed by atoms with van der Waals surface area (Å²) >= 11 is 0. The van der Waals surface area contributed by atoms with Gasteiger partial charge in [-0.2, -0.15) is 0 Å². The molecule has 5 rings (SSSR count). The Balaban J connectivity index is 1.21. The molecule has 2 aromatic carbocycles. The molecule has 2 aromatic heterocycles. The number of carbonyl (C=O) groups excluding carboxylic acids is 1. The molecule has 2 heterocycles. The first-order chi connectivity index (χ1) is 16.1. The fraction of sp³-hybridized carbons (Fsp3) is 0.296. The van der Waals surface area contributed by atoms with E-state index in [1.54, 1.807) is 6.20 Å². The molecule has 0 saturated heterocycles. The second-order valence-electron chi connectivity index (χ2n) is 9.02. The molecule has 1 saturated carbocycles. The second kappa shape index (κ2) is 9.06. The highest BCUT2D eigenvalue weighted by Gasteiger charge is 2.23. The molecule has 6 heteroatoms. The van der Waals surface area contributed by atoms with Crippen LogP contribution in [0.1, 0.15) is 36.0 Å². The van der Waals surface area contributed by atoms with Crippen LogP contribution in [0.25, 0.3) is 21.8 Å². The number of pyridine rings is 2. The number of anilines is 2. The number of para-hydroxylation sites is 2. The molecule has 1 aliphatic carbocycles. The molecule has 168 valence electrons. The van der Waals surface area contributed by atoms with Gasteiger partial charge in [0.15, 0.2) is 0 Å². The molecule has 4 aromatic rings. The maximum atomic E-state index is 12.8. The minimum Gasteiger partial charge on any atom is -0.377 e. The van der Waals surface area contributed by atoms with E-state index in [0.29, 0.717) is 11.6 Å². The zero-order valence-corrected chi connectivity index (χ0v) is 19.1. The van der Waals surface area contributed by atoms with E-state index in [9.17, 15) is 4.79 Å². The number of hydrogen-bond acceptors (Lipinski definition) is 5. The molecule has 1 aliphatic rings. The van der Waals surface area contributed by atoms with Gasteiger partial charge in [0.1, 0.15) is 5.82 Å². The van der Waals surface area contributed by atoms with E-state index in [-0.39, 0.29) is 11.9 Å². The number of hydrogen-bond donors (Lipinski definition) is 2. The number of rotatable bonds is 5. The van der Waals surface area contributed by atoms with Crippen LogP contribution in [0.2, 0.25) is 0 Å². The van der Waals surface area contributed by atoms with Crippen molar-refractivity contribution in [3.05, 3.63) is 72.4 Å². The molecule has 1 amide bonds. The van der Waals surface area contributed by atoms with Crippen molar-refractivity contribution in [2.45, 2.75) is 37.8 Å². The molecule has 6 nitrogen and oxygen atoms in total. The fourth-order valence-electron chi connectivity index (χ4n) is 4.66. The van der Waals surface area contributed by atoms with Crippen molar-refractivity contribution in [3.63, 3.8) is 0 Å². The van der Waals surface area contributed by atoms with E-state index in [2.05, 4.69) is 52.8 Å². The summed E-state index contributed by atoms with van der Waals surface area (Å²) < 4.78 is 0. The third-order valence-corrected chi connectivity index (χ3v) is 6.44. The zero-order valence-electron chi connectivity index (χ0n) is 19.1. The van der Waals surface area contributed by atoms with Crippen molar-refractivity contribution < 1.29 is 4.79 Å². The Morgan fingerprint density at radius 1 is 0.909 bits per heavy atom. The van der Waals surface area contributed by atoms with Gasteiger partial charge in [0.05, 0.1) is 16.6 Å². The highest BCUT2D eigenvalue weighted by atomic mass is 16.1. The maximum absolute atomic E-state index is 12.8. The van der Waals surface area contributed by atoms with Crippen LogP contribution >= 0.6 is 0 Å². The van der Waals surface area contributed by atoms with Crippen LogP contribution in [0.5, 0.6) is 0 Å². The number of fused-ring (bicyclic) bond motifs is 2. The third-order valence-electron chi connectivity index (χ3n) is 6.44. The first kappa shape index (κ1) is 21.2. The van der Waals surface area contributed by atoms with E-state index in [0.717, 1.165) is 59.0 Å². The predicted octanol–water partition coefficient (Wildman–Crippen LogP) is 5.00. The molecular weight excluding hydrogens is 410 g/mol. The molecule has 2 N–H and O–H groups in total. The van der Waals surface area contributed by atoms with Crippen molar-refractivity contribution in [2.24, 2.45) is 0 Å². The van der Waals surface area contributed by atoms with Crippen LogP contribution < -0.4 is 15.5 Å². The zero-order chi connectivity index (χ0) is 22.8. The van der Waals surface area contributed by atoms with Crippen LogP contribution in [-0.4, -0.2) is 42.1 Å². The van der Waals surface area contributed by atoms with Gasteiger partial charge in [-0.25, -0.2) is 4.98 Å². The minimum atomic E-state index is -0.0449. The summed E-state index contributed by atoms with van der Waals surface area (Å²) in [4.78, 5) is 24.1. The Morgan fingerprint density at radius 3 is 2.39 bits per heavy atom. The van der Waals surface area contributed by atoms with Crippen molar-refractivity contribution in [3.8, 4) is 0 Å². The van der Waals surface area contributed by atoms with Gasteiger partial charge in [-0.15, -0.1) is 0 Å². The highest BCUT2D eigenvalue weighted by Crippen LogP contribution is 2.29. The van der Waals surface area contributed by atoms with Gasteiger partial charge in [0.2, 0.25) is 0 Å². The van der Waals surface area contributed by atoms with Crippen LogP contribution in [0.4, 0.5) is 11.5 Å². The van der Waals surface area contributed by atoms with Crippen molar-refractivity contribution in [2.75, 3.05) is 24.3 Å². The van der Waals surface area contributed by atoms with Crippen LogP contribution in [-0.2, 0) is 0 Å². The molecule has 0 atom stereocenters. The maximum Gasteiger partial charge on any atom is 0.253 e. The van der Waals surface area contributed by atoms with Gasteiger partial charge in [-0.3, -0.25) is 9.78 Å². The topological polar surface area (TPSA) is 70.2 Å². The average molecular weight is 440 g/mol. The highest BCUT2D eigenvalue weighted by molar-refractivity contribution is 5.97. The van der Waals surface area contributed by atoms with E-state index in [1.807, 2.05) is 42.5 Å². The SMILES string of the molecule is CN(C)c1cc(N[C@H]2CC[C@@H](NC(=O)c3cnc4ccccc4c3)CC2)nc2ccccc12. The summed E-state index contributed by atoms with van der Waals surface area (Å²) in [6.07, 6.45) is 5.54. The summed E-state index contributed by atoms with van der Waals surface area (Å²) in [6.45, 7) is 0. The lowest BCUT2D eigenvalue weighted by Gasteiger charge is -2.30. The monoisotopic (exact) mass is 439 g/mol. The van der Waals surface area contributed by atoms with Crippen LogP contribution in [0, 0.1) is 0 Å². The van der Waals surface area contributed by atoms with Crippen LogP contribution in [0.15, 0.2) is 66.9 Å². The van der Waals surface area contributed by atoms with Gasteiger partial charge < -0.3 is 15.5 Å². The Kier molecular flexibility index (Phi) is 5.82. The first-order valence-electron chi connectivity index (χ1n) is 11.6. The fourth-order valence-corrected chi connectivity index (χ4v) is 4.66. The van der Waals surface area contributed by atoms with Gasteiger partial charge >= 0.3 is 0 Å². The van der Waals surface area contributed by atoms with Crippen molar-refractivity contribution in [1.29, 1.82) is 0 Å². The molecule has 1 fully saturated rings. The standard InChI is InChI=1S/C27H29N5O/c1-32(2)25-16-26(31-24-10-6-4-8-22(24)25)29-20-11-13-21(14-12-20)30-27(33)19-15-18-7-3-5-9-23(18)28-17-19/h3-10,15-17,20-21H,11-14H2,1-2H3,(H,29,31)(H,30,33)/t20-,21+. The molecule has 0 spiro atoms. The first-order valence-corrected chi connectivity index (χ1v) is 11.6. The number of benzene rings is 2. The van der Waals surface area contributed by atoms with Gasteiger partial charge in [0, 0.05) is 54.9 Å². The Bertz CT molecular complexity index is 1290. The van der Waals surface area contributed by atoms with Gasteiger partial charge in [-0.05, 0) is 43.9 Å². The van der Waals surface area contributed by atoms with E-state index in [4.69, 9.17) is 4.98 Å². The van der Waals surface area contributed by atoms with E-state index < -0.39 is 0 Å². The molecule has 33 heavy (non-hydrogen) atoms. The quantitative estimate of drug-likeness (QED) is 0.458. The van der Waals surface area contributed by atoms with Crippen molar-refractivity contribution in [1.82, 2.24) is 15.3 Å². The Hall–Kier alpha value is -3.67. The van der Waals surface area contributed by atoms with E-state index in [1.165, 1.54) is 0 Å². The van der Waals surface area contributed by atoms with Gasteiger partial charge in [0.25, 0.3) is 5.91 Å². The smallest absolute Gasteiger partial charge is 0.253 e. The molecule has 0 aliphatic heterocycles. The molecule has 0 bridgehead atoms. The number of amides is 1. The Labute approximate surface area is 194 Å². The summed E-state index contributed by atoms with van der Waals surface area (Å²) in [6, 6.07) is 20.7. The summed E-state index contributed by atoms with van der Waals surface area (Å²) in [5.74, 6) is 0.864. The second-order valence-corrected chi connectivity index (χ2v) is 9.02. The number of nitrogens with one attached hydrogen (secondary N) is 2. The number of carbonyl (C=O) groups is 1. The molecule has 0 radical (unpaired) electrons. The van der Waals surface area contributed by atoms with Gasteiger partial charge in [-0.1, -0.05) is 36.4 Å². The normalized spacial score (nSPS) is 18.2. The van der Waals surface area contributed by atoms with Crippen LogP contribution in [0.3, 0.4) is 0 Å². The summed E-state index contributed by atoms with van der Waals surface area (Å²) in [7, 11) is 4.12. The summed E-state index contributed by atoms with van der Waals surface area (Å²) in [5.41, 5.74) is 3.68. The molecule has 0 unspecified atom stereocenters. The third kappa shape index (κ3) is 4.60. The summed E-state index contributed by atoms with van der Waals surface area (Å²) in [5, 5.41) is 8.98. The van der Waals surface area contributed by atoms with Crippen molar-refractivity contribution >= 4 is 39.2 Å². The average Bonchev–Trinajstić information content (AvgIpc) is 2.84. The molecular formula is C27H29N5O. The lowest BCUT2D eigenvalue weighted by atomic mass is 9.91. The van der Waals surface area contributed by atoms with E-state index >= 15 is 0 Å². The lowest BCUT2D eigenvalue weighted by molar-refractivity contribution is 0.0926. The number of aromatic nitrogens is 2.